The van der Waals surface area contributed by atoms with E-state index in [1.165, 1.54) is 12.1 Å². The molecular formula is C18H18FN3O. The maximum absolute atomic E-state index is 13.4. The van der Waals surface area contributed by atoms with Gasteiger partial charge in [0.05, 0.1) is 5.56 Å². The number of pyridine rings is 1. The molecule has 23 heavy (non-hydrogen) atoms. The molecule has 0 radical (unpaired) electrons. The summed E-state index contributed by atoms with van der Waals surface area (Å²) in [5, 5.41) is 3.52. The number of aromatic nitrogens is 2. The van der Waals surface area contributed by atoms with Crippen molar-refractivity contribution in [2.45, 2.75) is 19.8 Å². The SMILES string of the molecule is Cc1[nH]c2ccc(F)cc2c1C(=O)NCCCc1cccnc1. The predicted octanol–water partition coefficient (Wildman–Crippen LogP) is 3.37. The Labute approximate surface area is 133 Å². The van der Waals surface area contributed by atoms with Crippen molar-refractivity contribution in [3.63, 3.8) is 0 Å². The topological polar surface area (TPSA) is 57.8 Å². The number of benzene rings is 1. The number of amides is 1. The Kier molecular flexibility index (Phi) is 4.37. The minimum absolute atomic E-state index is 0.175. The molecule has 118 valence electrons. The molecule has 0 unspecified atom stereocenters. The van der Waals surface area contributed by atoms with Crippen LogP contribution in [-0.4, -0.2) is 22.4 Å². The summed E-state index contributed by atoms with van der Waals surface area (Å²) in [5.74, 6) is -0.521. The molecule has 0 aliphatic heterocycles. The summed E-state index contributed by atoms with van der Waals surface area (Å²) >= 11 is 0. The van der Waals surface area contributed by atoms with Gasteiger partial charge >= 0.3 is 0 Å². The summed E-state index contributed by atoms with van der Waals surface area (Å²) in [6, 6.07) is 8.34. The van der Waals surface area contributed by atoms with E-state index in [-0.39, 0.29) is 11.7 Å². The van der Waals surface area contributed by atoms with Crippen molar-refractivity contribution in [3.8, 4) is 0 Å². The van der Waals surface area contributed by atoms with Crippen LogP contribution in [-0.2, 0) is 6.42 Å². The monoisotopic (exact) mass is 311 g/mol. The van der Waals surface area contributed by atoms with Crippen LogP contribution >= 0.6 is 0 Å². The average Bonchev–Trinajstić information content (AvgIpc) is 2.87. The summed E-state index contributed by atoms with van der Waals surface area (Å²) < 4.78 is 13.4. The van der Waals surface area contributed by atoms with Crippen LogP contribution in [0.25, 0.3) is 10.9 Å². The first-order valence-corrected chi connectivity index (χ1v) is 7.60. The van der Waals surface area contributed by atoms with Crippen LogP contribution in [0, 0.1) is 12.7 Å². The normalized spacial score (nSPS) is 10.9. The number of nitrogens with one attached hydrogen (secondary N) is 2. The van der Waals surface area contributed by atoms with Gasteiger partial charge in [0.2, 0.25) is 0 Å². The molecule has 2 aromatic heterocycles. The number of aryl methyl sites for hydroxylation is 2. The third-order valence-corrected chi connectivity index (χ3v) is 3.83. The molecule has 0 aliphatic rings. The Morgan fingerprint density at radius 2 is 2.22 bits per heavy atom. The van der Waals surface area contributed by atoms with Gasteiger partial charge in [-0.2, -0.15) is 0 Å². The van der Waals surface area contributed by atoms with Crippen LogP contribution in [0.3, 0.4) is 0 Å². The largest absolute Gasteiger partial charge is 0.358 e. The van der Waals surface area contributed by atoms with Gasteiger partial charge in [0.15, 0.2) is 0 Å². The molecule has 0 saturated heterocycles. The highest BCUT2D eigenvalue weighted by molar-refractivity contribution is 6.08. The van der Waals surface area contributed by atoms with Crippen LogP contribution in [0.4, 0.5) is 4.39 Å². The van der Waals surface area contributed by atoms with Crippen LogP contribution in [0.15, 0.2) is 42.7 Å². The zero-order chi connectivity index (χ0) is 16.2. The van der Waals surface area contributed by atoms with Gasteiger partial charge in [-0.25, -0.2) is 4.39 Å². The molecule has 0 aliphatic carbocycles. The van der Waals surface area contributed by atoms with Crippen molar-refractivity contribution < 1.29 is 9.18 Å². The molecule has 2 N–H and O–H groups in total. The number of carbonyl (C=O) groups excluding carboxylic acids is 1. The minimum atomic E-state index is -0.345. The van der Waals surface area contributed by atoms with E-state index in [0.29, 0.717) is 17.5 Å². The quantitative estimate of drug-likeness (QED) is 0.710. The second kappa shape index (κ2) is 6.60. The molecule has 0 bridgehead atoms. The Bertz CT molecular complexity index is 827. The summed E-state index contributed by atoms with van der Waals surface area (Å²) in [5.41, 5.74) is 3.17. The van der Waals surface area contributed by atoms with Gasteiger partial charge in [-0.15, -0.1) is 0 Å². The number of H-pyrrole nitrogens is 1. The number of rotatable bonds is 5. The van der Waals surface area contributed by atoms with Crippen LogP contribution < -0.4 is 5.32 Å². The number of halogens is 1. The van der Waals surface area contributed by atoms with Gasteiger partial charge in [0, 0.05) is 35.5 Å². The summed E-state index contributed by atoms with van der Waals surface area (Å²) in [4.78, 5) is 19.6. The maximum Gasteiger partial charge on any atom is 0.253 e. The zero-order valence-corrected chi connectivity index (χ0v) is 12.9. The Morgan fingerprint density at radius 1 is 1.35 bits per heavy atom. The number of aromatic amines is 1. The van der Waals surface area contributed by atoms with Gasteiger partial charge in [-0.3, -0.25) is 9.78 Å². The van der Waals surface area contributed by atoms with Crippen LogP contribution in [0.1, 0.15) is 28.0 Å². The fourth-order valence-electron chi connectivity index (χ4n) is 2.72. The third kappa shape index (κ3) is 3.39. The second-order valence-electron chi connectivity index (χ2n) is 5.54. The number of nitrogens with zero attached hydrogens (tertiary/aromatic N) is 1. The van der Waals surface area contributed by atoms with E-state index in [9.17, 15) is 9.18 Å². The summed E-state index contributed by atoms with van der Waals surface area (Å²) in [6.07, 6.45) is 5.25. The fourth-order valence-corrected chi connectivity index (χ4v) is 2.72. The highest BCUT2D eigenvalue weighted by Gasteiger charge is 2.16. The molecule has 3 aromatic rings. The van der Waals surface area contributed by atoms with E-state index in [1.807, 2.05) is 25.3 Å². The first kappa shape index (κ1) is 15.2. The molecule has 0 atom stereocenters. The van der Waals surface area contributed by atoms with Crippen LogP contribution in [0.5, 0.6) is 0 Å². The lowest BCUT2D eigenvalue weighted by Gasteiger charge is -2.06. The second-order valence-corrected chi connectivity index (χ2v) is 5.54. The van der Waals surface area contributed by atoms with E-state index in [0.717, 1.165) is 29.6 Å². The molecule has 0 saturated carbocycles. The lowest BCUT2D eigenvalue weighted by atomic mass is 10.1. The molecule has 0 fully saturated rings. The van der Waals surface area contributed by atoms with Crippen molar-refractivity contribution in [3.05, 3.63) is 65.4 Å². The third-order valence-electron chi connectivity index (χ3n) is 3.83. The van der Waals surface area contributed by atoms with Gasteiger partial charge in [0.1, 0.15) is 5.82 Å². The summed E-state index contributed by atoms with van der Waals surface area (Å²) in [6.45, 7) is 2.39. The van der Waals surface area contributed by atoms with Crippen molar-refractivity contribution in [1.29, 1.82) is 0 Å². The number of fused-ring (bicyclic) bond motifs is 1. The molecule has 4 nitrogen and oxygen atoms in total. The van der Waals surface area contributed by atoms with E-state index < -0.39 is 0 Å². The molecule has 1 aromatic carbocycles. The molecule has 0 spiro atoms. The first-order valence-electron chi connectivity index (χ1n) is 7.60. The lowest BCUT2D eigenvalue weighted by Crippen LogP contribution is -2.25. The van der Waals surface area contributed by atoms with Gasteiger partial charge in [-0.05, 0) is 49.6 Å². The smallest absolute Gasteiger partial charge is 0.253 e. The highest BCUT2D eigenvalue weighted by Crippen LogP contribution is 2.22. The number of hydrogen-bond donors (Lipinski definition) is 2. The van der Waals surface area contributed by atoms with Gasteiger partial charge in [0.25, 0.3) is 5.91 Å². The zero-order valence-electron chi connectivity index (χ0n) is 12.9. The minimum Gasteiger partial charge on any atom is -0.358 e. The molecule has 1 amide bonds. The van der Waals surface area contributed by atoms with E-state index in [2.05, 4.69) is 15.3 Å². The molecule has 5 heteroatoms. The maximum atomic E-state index is 13.4. The Balaban J connectivity index is 1.64. The van der Waals surface area contributed by atoms with Crippen LogP contribution in [0.2, 0.25) is 0 Å². The van der Waals surface area contributed by atoms with E-state index in [4.69, 9.17) is 0 Å². The predicted molar refractivity (Wildman–Crippen MR) is 87.9 cm³/mol. The van der Waals surface area contributed by atoms with E-state index in [1.54, 1.807) is 12.3 Å². The molecule has 2 heterocycles. The lowest BCUT2D eigenvalue weighted by molar-refractivity contribution is 0.0954. The average molecular weight is 311 g/mol. The first-order chi connectivity index (χ1) is 11.1. The summed E-state index contributed by atoms with van der Waals surface area (Å²) in [7, 11) is 0. The number of carbonyl (C=O) groups is 1. The highest BCUT2D eigenvalue weighted by atomic mass is 19.1. The molecular weight excluding hydrogens is 293 g/mol. The number of hydrogen-bond acceptors (Lipinski definition) is 2. The standard InChI is InChI=1S/C18H18FN3O/c1-12-17(15-10-14(19)6-7-16(15)22-12)18(23)21-9-3-5-13-4-2-8-20-11-13/h2,4,6-8,10-11,22H,3,5,9H2,1H3,(H,21,23). The van der Waals surface area contributed by atoms with Crippen molar-refractivity contribution in [2.75, 3.05) is 6.54 Å². The Hall–Kier alpha value is -2.69. The van der Waals surface area contributed by atoms with E-state index >= 15 is 0 Å². The van der Waals surface area contributed by atoms with Gasteiger partial charge < -0.3 is 10.3 Å². The van der Waals surface area contributed by atoms with Crippen molar-refractivity contribution >= 4 is 16.8 Å². The molecule has 3 rings (SSSR count). The Morgan fingerprint density at radius 3 is 3.00 bits per heavy atom. The van der Waals surface area contributed by atoms with Crippen molar-refractivity contribution in [2.24, 2.45) is 0 Å². The van der Waals surface area contributed by atoms with Gasteiger partial charge in [-0.1, -0.05) is 6.07 Å². The fraction of sp³-hybridized carbons (Fsp3) is 0.222. The van der Waals surface area contributed by atoms with Crippen molar-refractivity contribution in [1.82, 2.24) is 15.3 Å².